The van der Waals surface area contributed by atoms with Crippen LogP contribution in [-0.4, -0.2) is 108 Å². The van der Waals surface area contributed by atoms with Gasteiger partial charge in [0.2, 0.25) is 5.91 Å². The van der Waals surface area contributed by atoms with Crippen molar-refractivity contribution in [1.29, 1.82) is 0 Å². The number of nitrogens with zero attached hydrogens (tertiary/aromatic N) is 5. The Morgan fingerprint density at radius 2 is 1.94 bits per heavy atom. The van der Waals surface area contributed by atoms with E-state index in [1.807, 2.05) is 35.5 Å². The van der Waals surface area contributed by atoms with E-state index in [-0.39, 0.29) is 37.3 Å². The van der Waals surface area contributed by atoms with Crippen LogP contribution >= 0.6 is 0 Å². The molecule has 3 aliphatic heterocycles. The van der Waals surface area contributed by atoms with Gasteiger partial charge < -0.3 is 19.6 Å². The Balaban J connectivity index is 1.26. The number of hydrazone groups is 1. The summed E-state index contributed by atoms with van der Waals surface area (Å²) >= 11 is 0. The number of carbonyl (C=O) groups excluding carboxylic acids is 1. The van der Waals surface area contributed by atoms with Crippen molar-refractivity contribution >= 4 is 23.8 Å². The zero-order chi connectivity index (χ0) is 23.4. The SMILES string of the molecule is CC1CN(/N=C/c2ccc(C3=NOC(CN4CCN(CC(=O)O)CC4=O)C3)cc2)CC(C)O1. The maximum absolute atomic E-state index is 12.4. The van der Waals surface area contributed by atoms with Gasteiger partial charge in [-0.2, -0.15) is 5.10 Å². The van der Waals surface area contributed by atoms with E-state index in [4.69, 9.17) is 14.7 Å². The second kappa shape index (κ2) is 10.3. The van der Waals surface area contributed by atoms with Gasteiger partial charge in [0.05, 0.1) is 56.9 Å². The van der Waals surface area contributed by atoms with Gasteiger partial charge in [0.15, 0.2) is 6.10 Å². The third-order valence-corrected chi connectivity index (χ3v) is 5.93. The Labute approximate surface area is 193 Å². The van der Waals surface area contributed by atoms with E-state index >= 15 is 0 Å². The fourth-order valence-electron chi connectivity index (χ4n) is 4.37. The fraction of sp³-hybridized carbons (Fsp3) is 0.565. The summed E-state index contributed by atoms with van der Waals surface area (Å²) in [6.07, 6.45) is 2.64. The van der Waals surface area contributed by atoms with Gasteiger partial charge in [0.1, 0.15) is 0 Å². The lowest BCUT2D eigenvalue weighted by atomic mass is 10.0. The molecule has 0 aliphatic carbocycles. The van der Waals surface area contributed by atoms with Crippen LogP contribution in [0.4, 0.5) is 0 Å². The summed E-state index contributed by atoms with van der Waals surface area (Å²) in [5.41, 5.74) is 2.85. The predicted molar refractivity (Wildman–Crippen MR) is 122 cm³/mol. The summed E-state index contributed by atoms with van der Waals surface area (Å²) in [5.74, 6) is -0.997. The molecular weight excluding hydrogens is 426 g/mol. The Bertz CT molecular complexity index is 908. The Morgan fingerprint density at radius 1 is 1.21 bits per heavy atom. The van der Waals surface area contributed by atoms with Crippen molar-refractivity contribution in [1.82, 2.24) is 14.8 Å². The molecule has 0 spiro atoms. The van der Waals surface area contributed by atoms with Crippen molar-refractivity contribution in [2.75, 3.05) is 45.8 Å². The molecular formula is C23H31N5O5. The van der Waals surface area contributed by atoms with E-state index in [0.717, 1.165) is 29.9 Å². The van der Waals surface area contributed by atoms with Gasteiger partial charge in [-0.3, -0.25) is 19.5 Å². The molecule has 10 nitrogen and oxygen atoms in total. The molecule has 0 aromatic heterocycles. The van der Waals surface area contributed by atoms with E-state index in [9.17, 15) is 9.59 Å². The number of oxime groups is 1. The molecule has 3 unspecified atom stereocenters. The zero-order valence-corrected chi connectivity index (χ0v) is 19.1. The predicted octanol–water partition coefficient (Wildman–Crippen LogP) is 0.852. The van der Waals surface area contributed by atoms with Gasteiger partial charge in [-0.25, -0.2) is 0 Å². The molecule has 3 atom stereocenters. The lowest BCUT2D eigenvalue weighted by molar-refractivity contribution is -0.143. The smallest absolute Gasteiger partial charge is 0.317 e. The quantitative estimate of drug-likeness (QED) is 0.605. The lowest BCUT2D eigenvalue weighted by Crippen LogP contribution is -2.53. The van der Waals surface area contributed by atoms with Crippen LogP contribution in [0.3, 0.4) is 0 Å². The molecule has 10 heteroatoms. The van der Waals surface area contributed by atoms with Crippen LogP contribution in [0.25, 0.3) is 0 Å². The van der Waals surface area contributed by atoms with Crippen molar-refractivity contribution in [3.05, 3.63) is 35.4 Å². The second-order valence-corrected chi connectivity index (χ2v) is 8.91. The number of rotatable bonds is 7. The number of carbonyl (C=O) groups is 2. The molecule has 4 rings (SSSR count). The average Bonchev–Trinajstić information content (AvgIpc) is 3.22. The molecule has 3 heterocycles. The molecule has 2 saturated heterocycles. The highest BCUT2D eigenvalue weighted by molar-refractivity contribution is 6.01. The van der Waals surface area contributed by atoms with Crippen LogP contribution in [0.1, 0.15) is 31.4 Å². The number of benzene rings is 1. The minimum absolute atomic E-state index is 0.0766. The van der Waals surface area contributed by atoms with E-state index in [0.29, 0.717) is 26.1 Å². The van der Waals surface area contributed by atoms with Crippen molar-refractivity contribution in [3.63, 3.8) is 0 Å². The number of hydrogen-bond acceptors (Lipinski definition) is 8. The standard InChI is InChI=1S/C23H31N5O5/c1-16-11-28(12-17(2)32-16)24-10-18-3-5-19(6-4-18)21-9-20(33-25-21)13-27-8-7-26(14-22(27)29)15-23(30)31/h3-6,10,16-17,20H,7-9,11-15H2,1-2H3,(H,30,31)/b24-10+. The number of hydrogen-bond donors (Lipinski definition) is 1. The van der Waals surface area contributed by atoms with E-state index in [1.165, 1.54) is 0 Å². The lowest BCUT2D eigenvalue weighted by Gasteiger charge is -2.34. The Kier molecular flexibility index (Phi) is 7.24. The summed E-state index contributed by atoms with van der Waals surface area (Å²) < 4.78 is 5.74. The first-order chi connectivity index (χ1) is 15.9. The number of piperazine rings is 1. The molecule has 1 aromatic carbocycles. The minimum atomic E-state index is -0.920. The number of ether oxygens (including phenoxy) is 1. The minimum Gasteiger partial charge on any atom is -0.480 e. The van der Waals surface area contributed by atoms with Gasteiger partial charge in [-0.05, 0) is 25.0 Å². The number of aliphatic carboxylic acids is 1. The van der Waals surface area contributed by atoms with Crippen LogP contribution in [0, 0.1) is 0 Å². The van der Waals surface area contributed by atoms with E-state index in [1.54, 1.807) is 9.80 Å². The summed E-state index contributed by atoms with van der Waals surface area (Å²) in [6.45, 7) is 7.18. The largest absolute Gasteiger partial charge is 0.480 e. The molecule has 178 valence electrons. The summed E-state index contributed by atoms with van der Waals surface area (Å²) in [5, 5.41) is 19.8. The third-order valence-electron chi connectivity index (χ3n) is 5.93. The summed E-state index contributed by atoms with van der Waals surface area (Å²) in [6, 6.07) is 8.03. The van der Waals surface area contributed by atoms with Crippen molar-refractivity contribution in [2.24, 2.45) is 10.3 Å². The summed E-state index contributed by atoms with van der Waals surface area (Å²) in [7, 11) is 0. The highest BCUT2D eigenvalue weighted by atomic mass is 16.6. The second-order valence-electron chi connectivity index (χ2n) is 8.91. The molecule has 2 fully saturated rings. The van der Waals surface area contributed by atoms with Gasteiger partial charge in [-0.1, -0.05) is 29.4 Å². The Morgan fingerprint density at radius 3 is 2.61 bits per heavy atom. The maximum Gasteiger partial charge on any atom is 0.317 e. The molecule has 3 aliphatic rings. The van der Waals surface area contributed by atoms with Crippen LogP contribution in [-0.2, 0) is 19.2 Å². The van der Waals surface area contributed by atoms with Crippen molar-refractivity contribution < 1.29 is 24.3 Å². The van der Waals surface area contributed by atoms with E-state index < -0.39 is 5.97 Å². The van der Waals surface area contributed by atoms with Crippen molar-refractivity contribution in [2.45, 2.75) is 38.6 Å². The number of morpholine rings is 1. The highest BCUT2D eigenvalue weighted by Crippen LogP contribution is 2.19. The third kappa shape index (κ3) is 6.29. The first-order valence-corrected chi connectivity index (χ1v) is 11.3. The molecule has 1 aromatic rings. The van der Waals surface area contributed by atoms with Gasteiger partial charge in [0.25, 0.3) is 0 Å². The fourth-order valence-corrected chi connectivity index (χ4v) is 4.37. The van der Waals surface area contributed by atoms with Crippen LogP contribution in [0.5, 0.6) is 0 Å². The molecule has 1 amide bonds. The molecule has 33 heavy (non-hydrogen) atoms. The highest BCUT2D eigenvalue weighted by Gasteiger charge is 2.30. The first kappa shape index (κ1) is 23.2. The normalized spacial score (nSPS) is 26.5. The molecule has 1 N–H and O–H groups in total. The summed E-state index contributed by atoms with van der Waals surface area (Å²) in [4.78, 5) is 32.1. The number of carboxylic acids is 1. The molecule has 0 saturated carbocycles. The Hall–Kier alpha value is -2.98. The maximum atomic E-state index is 12.4. The number of amides is 1. The van der Waals surface area contributed by atoms with Gasteiger partial charge >= 0.3 is 5.97 Å². The topological polar surface area (TPSA) is 107 Å². The monoisotopic (exact) mass is 457 g/mol. The molecule has 0 bridgehead atoms. The zero-order valence-electron chi connectivity index (χ0n) is 19.1. The van der Waals surface area contributed by atoms with Crippen LogP contribution in [0.15, 0.2) is 34.5 Å². The van der Waals surface area contributed by atoms with Crippen molar-refractivity contribution in [3.8, 4) is 0 Å². The van der Waals surface area contributed by atoms with E-state index in [2.05, 4.69) is 24.1 Å². The first-order valence-electron chi connectivity index (χ1n) is 11.3. The van der Waals surface area contributed by atoms with Gasteiger partial charge in [0, 0.05) is 19.5 Å². The van der Waals surface area contributed by atoms with Gasteiger partial charge in [-0.15, -0.1) is 0 Å². The average molecular weight is 458 g/mol. The van der Waals surface area contributed by atoms with Crippen LogP contribution < -0.4 is 0 Å². The van der Waals surface area contributed by atoms with Crippen LogP contribution in [0.2, 0.25) is 0 Å². The molecule has 0 radical (unpaired) electrons. The number of carboxylic acid groups (broad SMARTS) is 1.